The first-order chi connectivity index (χ1) is 13.3. The number of rotatable bonds is 8. The van der Waals surface area contributed by atoms with Crippen LogP contribution in [0.25, 0.3) is 0 Å². The van der Waals surface area contributed by atoms with Crippen molar-refractivity contribution >= 4 is 29.9 Å². The molecule has 8 heteroatoms. The third-order valence-corrected chi connectivity index (χ3v) is 3.91. The Morgan fingerprint density at radius 3 is 2.75 bits per heavy atom. The highest BCUT2D eigenvalue weighted by atomic mass is 127. The molecule has 0 aliphatic carbocycles. The predicted octanol–water partition coefficient (Wildman–Crippen LogP) is 3.18. The van der Waals surface area contributed by atoms with Gasteiger partial charge < -0.3 is 29.6 Å². The number of nitrogens with one attached hydrogen (secondary N) is 2. The average molecular weight is 499 g/mol. The fraction of sp³-hybridized carbons (Fsp3) is 0.350. The van der Waals surface area contributed by atoms with Crippen molar-refractivity contribution in [2.45, 2.75) is 13.5 Å². The number of hydrogen-bond acceptors (Lipinski definition) is 5. The first kappa shape index (κ1) is 21.9. The summed E-state index contributed by atoms with van der Waals surface area (Å²) >= 11 is 0. The van der Waals surface area contributed by atoms with Gasteiger partial charge >= 0.3 is 0 Å². The standard InChI is InChI=1S/C20H25N3O4.HI/c1-3-21-20(23-13-15-5-4-6-16(11-15)24-2)22-9-10-25-17-7-8-18-19(12-17)27-14-26-18;/h4-8,11-12H,3,9-10,13-14H2,1-2H3,(H2,21,22,23);1H. The summed E-state index contributed by atoms with van der Waals surface area (Å²) in [5.41, 5.74) is 1.09. The molecule has 1 heterocycles. The van der Waals surface area contributed by atoms with Crippen LogP contribution in [0.1, 0.15) is 12.5 Å². The largest absolute Gasteiger partial charge is 0.497 e. The minimum Gasteiger partial charge on any atom is -0.497 e. The highest BCUT2D eigenvalue weighted by Gasteiger charge is 2.13. The van der Waals surface area contributed by atoms with Gasteiger partial charge in [-0.15, -0.1) is 24.0 Å². The van der Waals surface area contributed by atoms with E-state index in [0.717, 1.165) is 35.3 Å². The molecule has 0 radical (unpaired) electrons. The van der Waals surface area contributed by atoms with Crippen LogP contribution in [0.5, 0.6) is 23.0 Å². The van der Waals surface area contributed by atoms with Gasteiger partial charge in [0, 0.05) is 12.6 Å². The van der Waals surface area contributed by atoms with E-state index in [-0.39, 0.29) is 30.8 Å². The van der Waals surface area contributed by atoms with Gasteiger partial charge in [0.1, 0.15) is 18.1 Å². The van der Waals surface area contributed by atoms with Gasteiger partial charge in [-0.05, 0) is 36.8 Å². The Labute approximate surface area is 182 Å². The molecule has 7 nitrogen and oxygen atoms in total. The van der Waals surface area contributed by atoms with E-state index < -0.39 is 0 Å². The monoisotopic (exact) mass is 499 g/mol. The van der Waals surface area contributed by atoms with Crippen molar-refractivity contribution in [3.8, 4) is 23.0 Å². The minimum absolute atomic E-state index is 0. The van der Waals surface area contributed by atoms with Gasteiger partial charge in [-0.2, -0.15) is 0 Å². The lowest BCUT2D eigenvalue weighted by atomic mass is 10.2. The molecule has 2 aromatic carbocycles. The van der Waals surface area contributed by atoms with Crippen LogP contribution >= 0.6 is 24.0 Å². The topological polar surface area (TPSA) is 73.3 Å². The molecule has 0 atom stereocenters. The molecule has 0 unspecified atom stereocenters. The van der Waals surface area contributed by atoms with Crippen molar-refractivity contribution in [1.29, 1.82) is 0 Å². The summed E-state index contributed by atoms with van der Waals surface area (Å²) in [6.45, 7) is 4.77. The zero-order valence-electron chi connectivity index (χ0n) is 16.1. The lowest BCUT2D eigenvalue weighted by Gasteiger charge is -2.12. The molecule has 0 saturated carbocycles. The van der Waals surface area contributed by atoms with Gasteiger partial charge in [-0.1, -0.05) is 12.1 Å². The summed E-state index contributed by atoms with van der Waals surface area (Å²) in [4.78, 5) is 4.60. The van der Waals surface area contributed by atoms with Gasteiger partial charge in [-0.3, -0.25) is 0 Å². The number of ether oxygens (including phenoxy) is 4. The van der Waals surface area contributed by atoms with Crippen LogP contribution in [-0.4, -0.2) is 39.6 Å². The number of benzene rings is 2. The van der Waals surface area contributed by atoms with E-state index in [4.69, 9.17) is 18.9 Å². The van der Waals surface area contributed by atoms with Crippen molar-refractivity contribution in [1.82, 2.24) is 10.6 Å². The maximum atomic E-state index is 5.76. The second-order valence-electron chi connectivity index (χ2n) is 5.84. The van der Waals surface area contributed by atoms with Gasteiger partial charge in [0.25, 0.3) is 0 Å². The molecular weight excluding hydrogens is 473 g/mol. The number of fused-ring (bicyclic) bond motifs is 1. The van der Waals surface area contributed by atoms with E-state index in [1.807, 2.05) is 49.4 Å². The van der Waals surface area contributed by atoms with Gasteiger partial charge in [0.05, 0.1) is 20.2 Å². The van der Waals surface area contributed by atoms with Crippen molar-refractivity contribution in [2.75, 3.05) is 33.6 Å². The van der Waals surface area contributed by atoms with E-state index in [1.54, 1.807) is 7.11 Å². The van der Waals surface area contributed by atoms with Gasteiger partial charge in [0.2, 0.25) is 6.79 Å². The molecule has 0 fully saturated rings. The molecule has 152 valence electrons. The third-order valence-electron chi connectivity index (χ3n) is 3.91. The van der Waals surface area contributed by atoms with E-state index in [9.17, 15) is 0 Å². The molecule has 0 spiro atoms. The van der Waals surface area contributed by atoms with Crippen LogP contribution in [-0.2, 0) is 6.54 Å². The second-order valence-corrected chi connectivity index (χ2v) is 5.84. The maximum Gasteiger partial charge on any atom is 0.231 e. The average Bonchev–Trinajstić information content (AvgIpc) is 3.17. The second kappa shape index (κ2) is 11.5. The molecule has 0 bridgehead atoms. The summed E-state index contributed by atoms with van der Waals surface area (Å²) in [6.07, 6.45) is 0. The summed E-state index contributed by atoms with van der Waals surface area (Å²) in [5, 5.41) is 6.50. The van der Waals surface area contributed by atoms with E-state index in [1.165, 1.54) is 0 Å². The van der Waals surface area contributed by atoms with Crippen LogP contribution in [0.3, 0.4) is 0 Å². The zero-order chi connectivity index (χ0) is 18.9. The fourth-order valence-electron chi connectivity index (χ4n) is 2.59. The highest BCUT2D eigenvalue weighted by Crippen LogP contribution is 2.34. The Kier molecular flexibility index (Phi) is 8.99. The molecule has 0 amide bonds. The Morgan fingerprint density at radius 2 is 1.93 bits per heavy atom. The summed E-state index contributed by atoms with van der Waals surface area (Å²) in [5.74, 6) is 3.79. The van der Waals surface area contributed by atoms with Crippen LogP contribution in [0.4, 0.5) is 0 Å². The molecule has 1 aliphatic heterocycles. The van der Waals surface area contributed by atoms with E-state index in [2.05, 4.69) is 15.6 Å². The maximum absolute atomic E-state index is 5.76. The minimum atomic E-state index is 0. The van der Waals surface area contributed by atoms with Crippen LogP contribution in [0.15, 0.2) is 47.5 Å². The van der Waals surface area contributed by atoms with Crippen LogP contribution < -0.4 is 29.6 Å². The SMILES string of the molecule is CCNC(=NCc1cccc(OC)c1)NCCOc1ccc2c(c1)OCO2.I. The van der Waals surface area contributed by atoms with Gasteiger partial charge in [0.15, 0.2) is 17.5 Å². The molecule has 28 heavy (non-hydrogen) atoms. The fourth-order valence-corrected chi connectivity index (χ4v) is 2.59. The Balaban J connectivity index is 0.00000280. The molecular formula is C20H26IN3O4. The van der Waals surface area contributed by atoms with Gasteiger partial charge in [-0.25, -0.2) is 4.99 Å². The van der Waals surface area contributed by atoms with Crippen LogP contribution in [0, 0.1) is 0 Å². The highest BCUT2D eigenvalue weighted by molar-refractivity contribution is 14.0. The first-order valence-corrected chi connectivity index (χ1v) is 8.96. The summed E-state index contributed by atoms with van der Waals surface area (Å²) in [6, 6.07) is 13.5. The van der Waals surface area contributed by atoms with Crippen molar-refractivity contribution in [3.05, 3.63) is 48.0 Å². The summed E-state index contributed by atoms with van der Waals surface area (Å²) < 4.78 is 21.6. The number of methoxy groups -OCH3 is 1. The quantitative estimate of drug-likeness (QED) is 0.252. The number of halogens is 1. The number of nitrogens with zero attached hydrogens (tertiary/aromatic N) is 1. The molecule has 0 aromatic heterocycles. The number of guanidine groups is 1. The molecule has 3 rings (SSSR count). The predicted molar refractivity (Wildman–Crippen MR) is 119 cm³/mol. The molecule has 1 aliphatic rings. The van der Waals surface area contributed by atoms with E-state index in [0.29, 0.717) is 25.4 Å². The Morgan fingerprint density at radius 1 is 1.07 bits per heavy atom. The molecule has 2 N–H and O–H groups in total. The Bertz CT molecular complexity index is 786. The molecule has 0 saturated heterocycles. The number of aliphatic imine (C=N–C) groups is 1. The smallest absolute Gasteiger partial charge is 0.231 e. The van der Waals surface area contributed by atoms with Crippen molar-refractivity contribution in [3.63, 3.8) is 0 Å². The first-order valence-electron chi connectivity index (χ1n) is 8.96. The molecule has 2 aromatic rings. The number of hydrogen-bond donors (Lipinski definition) is 2. The van der Waals surface area contributed by atoms with Crippen LogP contribution in [0.2, 0.25) is 0 Å². The lowest BCUT2D eigenvalue weighted by Crippen LogP contribution is -2.39. The third kappa shape index (κ3) is 6.36. The van der Waals surface area contributed by atoms with E-state index >= 15 is 0 Å². The van der Waals surface area contributed by atoms with Crippen molar-refractivity contribution < 1.29 is 18.9 Å². The summed E-state index contributed by atoms with van der Waals surface area (Å²) in [7, 11) is 1.66. The lowest BCUT2D eigenvalue weighted by molar-refractivity contribution is 0.173. The normalized spacial score (nSPS) is 12.1. The Hall–Kier alpha value is -2.36. The van der Waals surface area contributed by atoms with Crippen molar-refractivity contribution in [2.24, 2.45) is 4.99 Å². The zero-order valence-corrected chi connectivity index (χ0v) is 18.4.